The molecule has 0 bridgehead atoms. The Balaban J connectivity index is 1.67. The van der Waals surface area contributed by atoms with Gasteiger partial charge in [0.1, 0.15) is 12.2 Å². The van der Waals surface area contributed by atoms with Gasteiger partial charge in [-0.1, -0.05) is 105 Å². The van der Waals surface area contributed by atoms with Gasteiger partial charge in [-0.2, -0.15) is 0 Å². The Labute approximate surface area is 233 Å². The lowest BCUT2D eigenvalue weighted by Gasteiger charge is -2.42. The van der Waals surface area contributed by atoms with Crippen LogP contribution in [-0.4, -0.2) is 16.6 Å². The fraction of sp³-hybridized carbons (Fsp3) is 0.200. The largest absolute Gasteiger partial charge is 0.403 e. The quantitative estimate of drug-likeness (QED) is 0.198. The molecule has 0 unspecified atom stereocenters. The molecule has 1 aliphatic carbocycles. The Hall–Kier alpha value is -1.81. The Morgan fingerprint density at radius 2 is 0.889 bits per heavy atom. The summed E-state index contributed by atoms with van der Waals surface area (Å²) in [5, 5.41) is 2.56. The Morgan fingerprint density at radius 1 is 0.528 bits per heavy atom. The van der Waals surface area contributed by atoms with Crippen LogP contribution in [0.4, 0.5) is 0 Å². The van der Waals surface area contributed by atoms with Gasteiger partial charge in [0.15, 0.2) is 0 Å². The van der Waals surface area contributed by atoms with Crippen molar-refractivity contribution < 1.29 is 8.85 Å². The van der Waals surface area contributed by atoms with Crippen LogP contribution in [0.2, 0.25) is 26.2 Å². The van der Waals surface area contributed by atoms with Crippen molar-refractivity contribution in [3.05, 3.63) is 117 Å². The number of hydrogen-bond acceptors (Lipinski definition) is 2. The van der Waals surface area contributed by atoms with Crippen molar-refractivity contribution in [2.75, 3.05) is 0 Å². The maximum absolute atomic E-state index is 7.24. The minimum Gasteiger partial charge on any atom is -0.403 e. The van der Waals surface area contributed by atoms with E-state index in [-0.39, 0.29) is 12.2 Å². The van der Waals surface area contributed by atoms with Crippen molar-refractivity contribution in [3.8, 4) is 11.1 Å². The van der Waals surface area contributed by atoms with Gasteiger partial charge in [-0.15, -0.1) is 0 Å². The van der Waals surface area contributed by atoms with Crippen LogP contribution in [0.25, 0.3) is 11.1 Å². The van der Waals surface area contributed by atoms with Gasteiger partial charge in [0, 0.05) is 8.95 Å². The molecule has 0 saturated carbocycles. The third kappa shape index (κ3) is 5.12. The van der Waals surface area contributed by atoms with Crippen LogP contribution in [-0.2, 0) is 8.85 Å². The van der Waals surface area contributed by atoms with Crippen LogP contribution < -0.4 is 10.4 Å². The topological polar surface area (TPSA) is 18.5 Å². The van der Waals surface area contributed by atoms with Gasteiger partial charge in [-0.05, 0) is 83.1 Å². The molecule has 2 nitrogen and oxygen atoms in total. The molecule has 2 atom stereocenters. The molecule has 6 heteroatoms. The highest BCUT2D eigenvalue weighted by Gasteiger charge is 2.43. The maximum Gasteiger partial charge on any atom is 0.219 e. The number of fused-ring (bicyclic) bond motifs is 3. The van der Waals surface area contributed by atoms with E-state index < -0.39 is 16.6 Å². The lowest BCUT2D eigenvalue weighted by molar-refractivity contribution is 0.0429. The van der Waals surface area contributed by atoms with Gasteiger partial charge >= 0.3 is 0 Å². The van der Waals surface area contributed by atoms with E-state index in [4.69, 9.17) is 8.85 Å². The Bertz CT molecular complexity index is 1270. The van der Waals surface area contributed by atoms with Crippen molar-refractivity contribution in [1.29, 1.82) is 0 Å². The molecule has 5 rings (SSSR count). The summed E-state index contributed by atoms with van der Waals surface area (Å²) < 4.78 is 16.6. The third-order valence-corrected chi connectivity index (χ3v) is 13.1. The zero-order valence-corrected chi connectivity index (χ0v) is 26.1. The number of hydrogen-bond donors (Lipinski definition) is 0. The summed E-state index contributed by atoms with van der Waals surface area (Å²) >= 11 is 7.46. The highest BCUT2D eigenvalue weighted by Crippen LogP contribution is 2.51. The van der Waals surface area contributed by atoms with Crippen LogP contribution in [0, 0.1) is 0 Å². The summed E-state index contributed by atoms with van der Waals surface area (Å²) in [6.07, 6.45) is -0.451. The molecule has 184 valence electrons. The fourth-order valence-electron chi connectivity index (χ4n) is 5.06. The molecule has 0 spiro atoms. The van der Waals surface area contributed by atoms with Crippen LogP contribution in [0.5, 0.6) is 0 Å². The molecule has 4 aromatic carbocycles. The summed E-state index contributed by atoms with van der Waals surface area (Å²) in [5.74, 6) is 0. The molecule has 0 aromatic heterocycles. The van der Waals surface area contributed by atoms with Crippen molar-refractivity contribution >= 4 is 58.9 Å². The molecular weight excluding hydrogens is 608 g/mol. The molecule has 0 amide bonds. The van der Waals surface area contributed by atoms with E-state index >= 15 is 0 Å². The van der Waals surface area contributed by atoms with E-state index in [2.05, 4.69) is 155 Å². The molecule has 0 saturated heterocycles. The summed E-state index contributed by atoms with van der Waals surface area (Å²) in [5.41, 5.74) is 4.78. The molecule has 0 N–H and O–H groups in total. The highest BCUT2D eigenvalue weighted by atomic mass is 79.9. The molecule has 0 aliphatic heterocycles. The second kappa shape index (κ2) is 10.2. The van der Waals surface area contributed by atoms with Crippen molar-refractivity contribution in [3.63, 3.8) is 0 Å². The van der Waals surface area contributed by atoms with Gasteiger partial charge in [-0.3, -0.25) is 0 Å². The average Bonchev–Trinajstić information content (AvgIpc) is 2.87. The maximum atomic E-state index is 7.24. The summed E-state index contributed by atoms with van der Waals surface area (Å²) in [6.45, 7) is 9.14. The predicted octanol–water partition coefficient (Wildman–Crippen LogP) is 8.23. The van der Waals surface area contributed by atoms with Crippen LogP contribution in [0.1, 0.15) is 23.3 Å². The van der Waals surface area contributed by atoms with Crippen LogP contribution in [0.15, 0.2) is 106 Å². The van der Waals surface area contributed by atoms with Gasteiger partial charge < -0.3 is 8.85 Å². The monoisotopic (exact) mass is 636 g/mol. The van der Waals surface area contributed by atoms with Crippen molar-refractivity contribution in [1.82, 2.24) is 0 Å². The number of halogens is 2. The molecule has 0 fully saturated rings. The standard InChI is InChI=1S/C30H30Br2O2Si2/c1-35(2,23-11-7-5-8-12-23)33-29-27-19-21(31)15-17-25(27)26-18-16-22(32)20-28(26)30(29)34-36(3,4)24-13-9-6-10-14-24/h5-20,29-30H,1-4H3/t29-,30-/m1/s1. The first-order valence-corrected chi connectivity index (χ1v) is 19.6. The first-order chi connectivity index (χ1) is 17.2. The molecule has 36 heavy (non-hydrogen) atoms. The lowest BCUT2D eigenvalue weighted by atomic mass is 9.82. The van der Waals surface area contributed by atoms with Gasteiger partial charge in [0.2, 0.25) is 16.6 Å². The average molecular weight is 639 g/mol. The zero-order chi connectivity index (χ0) is 25.5. The minimum atomic E-state index is -2.28. The van der Waals surface area contributed by atoms with Crippen molar-refractivity contribution in [2.24, 2.45) is 0 Å². The Morgan fingerprint density at radius 3 is 1.25 bits per heavy atom. The van der Waals surface area contributed by atoms with Crippen molar-refractivity contribution in [2.45, 2.75) is 38.4 Å². The Kier molecular flexibility index (Phi) is 7.29. The lowest BCUT2D eigenvalue weighted by Crippen LogP contribution is -2.50. The molecular formula is C30H30Br2O2Si2. The second-order valence-corrected chi connectivity index (χ2v) is 19.8. The minimum absolute atomic E-state index is 0.225. The predicted molar refractivity (Wildman–Crippen MR) is 162 cm³/mol. The van der Waals surface area contributed by atoms with E-state index in [1.54, 1.807) is 0 Å². The summed E-state index contributed by atoms with van der Waals surface area (Å²) in [4.78, 5) is 0. The first-order valence-electron chi connectivity index (χ1n) is 12.2. The second-order valence-electron chi connectivity index (χ2n) is 10.3. The summed E-state index contributed by atoms with van der Waals surface area (Å²) in [6, 6.07) is 34.4. The SMILES string of the molecule is C[Si](C)(O[C@@H]1c2cc(Br)ccc2-c2ccc(Br)cc2[C@H]1O[Si](C)(C)c1ccccc1)c1ccccc1. The summed E-state index contributed by atoms with van der Waals surface area (Å²) in [7, 11) is -4.55. The molecule has 1 aliphatic rings. The third-order valence-electron chi connectivity index (χ3n) is 6.99. The zero-order valence-electron chi connectivity index (χ0n) is 21.0. The van der Waals surface area contributed by atoms with E-state index in [9.17, 15) is 0 Å². The van der Waals surface area contributed by atoms with Gasteiger partial charge in [0.05, 0.1) is 0 Å². The van der Waals surface area contributed by atoms with E-state index in [1.165, 1.54) is 32.6 Å². The van der Waals surface area contributed by atoms with Gasteiger partial charge in [-0.25, -0.2) is 0 Å². The number of rotatable bonds is 6. The van der Waals surface area contributed by atoms with Gasteiger partial charge in [0.25, 0.3) is 0 Å². The van der Waals surface area contributed by atoms with E-state index in [0.29, 0.717) is 0 Å². The molecule has 0 radical (unpaired) electrons. The molecule has 4 aromatic rings. The highest BCUT2D eigenvalue weighted by molar-refractivity contribution is 9.10. The smallest absolute Gasteiger partial charge is 0.219 e. The fourth-order valence-corrected chi connectivity index (χ4v) is 9.85. The van der Waals surface area contributed by atoms with Crippen LogP contribution >= 0.6 is 31.9 Å². The first kappa shape index (κ1) is 25.8. The molecule has 0 heterocycles. The van der Waals surface area contributed by atoms with E-state index in [1.807, 2.05) is 0 Å². The van der Waals surface area contributed by atoms with Crippen LogP contribution in [0.3, 0.4) is 0 Å². The normalized spacial score (nSPS) is 17.4. The van der Waals surface area contributed by atoms with E-state index in [0.717, 1.165) is 8.95 Å². The number of benzene rings is 4.